The molecule has 2 rings (SSSR count). The summed E-state index contributed by atoms with van der Waals surface area (Å²) in [6.45, 7) is 10.6. The lowest BCUT2D eigenvalue weighted by Gasteiger charge is -2.05. The number of thiazole rings is 1. The zero-order valence-corrected chi connectivity index (χ0v) is 15.1. The Balaban J connectivity index is 2.07. The van der Waals surface area contributed by atoms with Gasteiger partial charge in [-0.05, 0) is 39.3 Å². The van der Waals surface area contributed by atoms with Gasteiger partial charge in [-0.1, -0.05) is 30.7 Å². The van der Waals surface area contributed by atoms with E-state index in [9.17, 15) is 4.79 Å². The molecule has 1 heterocycles. The van der Waals surface area contributed by atoms with Gasteiger partial charge in [-0.3, -0.25) is 4.79 Å². The highest BCUT2D eigenvalue weighted by atomic mass is 32.1. The van der Waals surface area contributed by atoms with Gasteiger partial charge < -0.3 is 10.6 Å². The Labute approximate surface area is 142 Å². The second-order valence-corrected chi connectivity index (χ2v) is 6.76. The minimum Gasteiger partial charge on any atom is -0.350 e. The van der Waals surface area contributed by atoms with Crippen molar-refractivity contribution >= 4 is 17.2 Å². The van der Waals surface area contributed by atoms with Crippen LogP contribution in [0.5, 0.6) is 0 Å². The molecule has 5 heteroatoms. The molecule has 0 bridgehead atoms. The van der Waals surface area contributed by atoms with Crippen LogP contribution in [0.3, 0.4) is 0 Å². The minimum atomic E-state index is -0.0330. The third-order valence-electron chi connectivity index (χ3n) is 3.63. The number of carbonyl (C=O) groups excluding carboxylic acids is 1. The van der Waals surface area contributed by atoms with Crippen molar-refractivity contribution in [3.05, 3.63) is 39.9 Å². The van der Waals surface area contributed by atoms with Crippen LogP contribution in [-0.2, 0) is 0 Å². The predicted octanol–water partition coefficient (Wildman–Crippen LogP) is 3.46. The molecule has 0 aliphatic rings. The zero-order valence-electron chi connectivity index (χ0n) is 14.3. The lowest BCUT2D eigenvalue weighted by molar-refractivity contribution is 0.0957. The van der Waals surface area contributed by atoms with Gasteiger partial charge in [0.15, 0.2) is 0 Å². The highest BCUT2D eigenvalue weighted by molar-refractivity contribution is 7.17. The first-order valence-corrected chi connectivity index (χ1v) is 8.88. The van der Waals surface area contributed by atoms with E-state index in [1.807, 2.05) is 6.92 Å². The van der Waals surface area contributed by atoms with Crippen molar-refractivity contribution in [1.29, 1.82) is 0 Å². The second-order valence-electron chi connectivity index (χ2n) is 5.76. The molecule has 2 N–H and O–H groups in total. The van der Waals surface area contributed by atoms with Crippen molar-refractivity contribution in [3.63, 3.8) is 0 Å². The Hall–Kier alpha value is -1.72. The van der Waals surface area contributed by atoms with Crippen molar-refractivity contribution in [2.45, 2.75) is 34.1 Å². The fraction of sp³-hybridized carbons (Fsp3) is 0.444. The van der Waals surface area contributed by atoms with Crippen LogP contribution in [0.25, 0.3) is 10.6 Å². The topological polar surface area (TPSA) is 54.0 Å². The van der Waals surface area contributed by atoms with Crippen LogP contribution < -0.4 is 10.6 Å². The summed E-state index contributed by atoms with van der Waals surface area (Å²) in [5.74, 6) is -0.0330. The lowest BCUT2D eigenvalue weighted by Crippen LogP contribution is -2.32. The Bertz CT molecular complexity index is 679. The fourth-order valence-corrected chi connectivity index (χ4v) is 3.50. The summed E-state index contributed by atoms with van der Waals surface area (Å²) in [5, 5.41) is 7.14. The number of hydrogen-bond acceptors (Lipinski definition) is 4. The van der Waals surface area contributed by atoms with E-state index in [0.29, 0.717) is 11.4 Å². The molecule has 0 saturated carbocycles. The van der Waals surface area contributed by atoms with Crippen molar-refractivity contribution in [3.8, 4) is 10.6 Å². The number of aromatic nitrogens is 1. The zero-order chi connectivity index (χ0) is 16.8. The molecule has 1 aromatic carbocycles. The Morgan fingerprint density at radius 1 is 1.17 bits per heavy atom. The maximum Gasteiger partial charge on any atom is 0.263 e. The van der Waals surface area contributed by atoms with Gasteiger partial charge in [0.1, 0.15) is 9.88 Å². The van der Waals surface area contributed by atoms with Gasteiger partial charge in [-0.25, -0.2) is 4.98 Å². The van der Waals surface area contributed by atoms with Crippen LogP contribution >= 0.6 is 11.3 Å². The first-order valence-electron chi connectivity index (χ1n) is 8.07. The summed E-state index contributed by atoms with van der Waals surface area (Å²) < 4.78 is 0. The van der Waals surface area contributed by atoms with Crippen molar-refractivity contribution in [1.82, 2.24) is 15.6 Å². The fourth-order valence-electron chi connectivity index (χ4n) is 2.42. The molecular formula is C18H25N3OS. The van der Waals surface area contributed by atoms with Crippen LogP contribution in [0, 0.1) is 20.8 Å². The molecule has 0 unspecified atom stereocenters. The molecular weight excluding hydrogens is 306 g/mol. The number of nitrogens with one attached hydrogen (secondary N) is 2. The number of amides is 1. The third-order valence-corrected chi connectivity index (χ3v) is 4.82. The SMILES string of the molecule is CCCNCCNC(=O)c1sc(-c2ccc(C)cc2C)nc1C. The number of aryl methyl sites for hydroxylation is 3. The maximum atomic E-state index is 12.3. The molecule has 0 fully saturated rings. The monoisotopic (exact) mass is 331 g/mol. The van der Waals surface area contributed by atoms with E-state index in [1.54, 1.807) is 0 Å². The standard InChI is InChI=1S/C18H25N3OS/c1-5-8-19-9-10-20-17(22)16-14(4)21-18(23-16)15-7-6-12(2)11-13(15)3/h6-7,11,19H,5,8-10H2,1-4H3,(H,20,22). The molecule has 23 heavy (non-hydrogen) atoms. The van der Waals surface area contributed by atoms with Crippen molar-refractivity contribution < 1.29 is 4.79 Å². The van der Waals surface area contributed by atoms with Crippen LogP contribution in [0.15, 0.2) is 18.2 Å². The van der Waals surface area contributed by atoms with E-state index in [-0.39, 0.29) is 5.91 Å². The minimum absolute atomic E-state index is 0.0330. The average Bonchev–Trinajstić information content (AvgIpc) is 2.88. The van der Waals surface area contributed by atoms with Gasteiger partial charge in [0.2, 0.25) is 0 Å². The summed E-state index contributed by atoms with van der Waals surface area (Å²) in [6, 6.07) is 6.31. The molecule has 0 radical (unpaired) electrons. The molecule has 1 amide bonds. The third kappa shape index (κ3) is 4.62. The van der Waals surface area contributed by atoms with Gasteiger partial charge in [0.05, 0.1) is 5.69 Å². The summed E-state index contributed by atoms with van der Waals surface area (Å²) in [4.78, 5) is 17.6. The second kappa shape index (κ2) is 8.22. The summed E-state index contributed by atoms with van der Waals surface area (Å²) >= 11 is 1.47. The predicted molar refractivity (Wildman–Crippen MR) is 97.3 cm³/mol. The molecule has 0 spiro atoms. The van der Waals surface area contributed by atoms with Gasteiger partial charge in [-0.15, -0.1) is 11.3 Å². The Morgan fingerprint density at radius 3 is 2.65 bits per heavy atom. The molecule has 1 aromatic heterocycles. The van der Waals surface area contributed by atoms with Gasteiger partial charge in [0, 0.05) is 18.7 Å². The van der Waals surface area contributed by atoms with Crippen molar-refractivity contribution in [2.75, 3.05) is 19.6 Å². The van der Waals surface area contributed by atoms with Gasteiger partial charge in [-0.2, -0.15) is 0 Å². The highest BCUT2D eigenvalue weighted by Gasteiger charge is 2.16. The maximum absolute atomic E-state index is 12.3. The quantitative estimate of drug-likeness (QED) is 0.764. The number of benzene rings is 1. The van der Waals surface area contributed by atoms with E-state index < -0.39 is 0 Å². The van der Waals surface area contributed by atoms with Crippen LogP contribution in [0.2, 0.25) is 0 Å². The molecule has 0 aliphatic heterocycles. The van der Waals surface area contributed by atoms with E-state index >= 15 is 0 Å². The molecule has 2 aromatic rings. The first-order chi connectivity index (χ1) is 11.0. The average molecular weight is 331 g/mol. The highest BCUT2D eigenvalue weighted by Crippen LogP contribution is 2.30. The Morgan fingerprint density at radius 2 is 1.96 bits per heavy atom. The lowest BCUT2D eigenvalue weighted by atomic mass is 10.1. The summed E-state index contributed by atoms with van der Waals surface area (Å²) in [7, 11) is 0. The summed E-state index contributed by atoms with van der Waals surface area (Å²) in [6.07, 6.45) is 1.10. The normalized spacial score (nSPS) is 10.8. The Kier molecular flexibility index (Phi) is 6.30. The number of nitrogens with zero attached hydrogens (tertiary/aromatic N) is 1. The summed E-state index contributed by atoms with van der Waals surface area (Å²) in [5.41, 5.74) is 4.32. The molecule has 0 aliphatic carbocycles. The van der Waals surface area contributed by atoms with Crippen LogP contribution in [-0.4, -0.2) is 30.5 Å². The van der Waals surface area contributed by atoms with Gasteiger partial charge in [0.25, 0.3) is 5.91 Å². The molecule has 0 atom stereocenters. The molecule has 0 saturated heterocycles. The molecule has 4 nitrogen and oxygen atoms in total. The smallest absolute Gasteiger partial charge is 0.263 e. The number of carbonyl (C=O) groups is 1. The van der Waals surface area contributed by atoms with E-state index in [4.69, 9.17) is 0 Å². The van der Waals surface area contributed by atoms with Crippen LogP contribution in [0.4, 0.5) is 0 Å². The molecule has 124 valence electrons. The number of hydrogen-bond donors (Lipinski definition) is 2. The van der Waals surface area contributed by atoms with Gasteiger partial charge >= 0.3 is 0 Å². The van der Waals surface area contributed by atoms with E-state index in [0.717, 1.165) is 35.8 Å². The van der Waals surface area contributed by atoms with E-state index in [1.165, 1.54) is 22.5 Å². The van der Waals surface area contributed by atoms with E-state index in [2.05, 4.69) is 54.6 Å². The van der Waals surface area contributed by atoms with Crippen LogP contribution in [0.1, 0.15) is 39.8 Å². The first kappa shape index (κ1) is 17.6. The largest absolute Gasteiger partial charge is 0.350 e. The number of rotatable bonds is 7. The van der Waals surface area contributed by atoms with Crippen molar-refractivity contribution in [2.24, 2.45) is 0 Å².